The molecule has 0 fully saturated rings. The lowest BCUT2D eigenvalue weighted by Crippen LogP contribution is -2.03. The molecule has 0 saturated carbocycles. The van der Waals surface area contributed by atoms with Crippen molar-refractivity contribution >= 4 is 34.0 Å². The van der Waals surface area contributed by atoms with Gasteiger partial charge in [-0.2, -0.15) is 5.10 Å². The molecule has 3 heterocycles. The number of carboxylic acids is 1. The summed E-state index contributed by atoms with van der Waals surface area (Å²) in [5, 5.41) is 17.5. The summed E-state index contributed by atoms with van der Waals surface area (Å²) in [7, 11) is 0. The number of aromatic carboxylic acids is 1. The second-order valence-electron chi connectivity index (χ2n) is 5.45. The Morgan fingerprint density at radius 3 is 2.92 bits per heavy atom. The second kappa shape index (κ2) is 5.31. The third-order valence-corrected chi connectivity index (χ3v) is 3.76. The zero-order valence-electron chi connectivity index (χ0n) is 12.8. The van der Waals surface area contributed by atoms with E-state index in [4.69, 9.17) is 0 Å². The average molecular weight is 319 g/mol. The Morgan fingerprint density at radius 2 is 2.12 bits per heavy atom. The van der Waals surface area contributed by atoms with Crippen LogP contribution in [0.1, 0.15) is 15.9 Å². The molecule has 2 N–H and O–H groups in total. The largest absolute Gasteiger partial charge is 0.477 e. The molecule has 0 bridgehead atoms. The average Bonchev–Trinajstić information content (AvgIpc) is 2.99. The number of hydrogen-bond donors (Lipinski definition) is 2. The number of aromatic nitrogens is 4. The minimum Gasteiger partial charge on any atom is -0.477 e. The van der Waals surface area contributed by atoms with E-state index in [1.54, 1.807) is 12.4 Å². The molecule has 0 amide bonds. The van der Waals surface area contributed by atoms with Gasteiger partial charge in [-0.25, -0.2) is 14.3 Å². The van der Waals surface area contributed by atoms with Crippen LogP contribution < -0.4 is 5.32 Å². The van der Waals surface area contributed by atoms with Gasteiger partial charge in [0.1, 0.15) is 11.4 Å². The maximum Gasteiger partial charge on any atom is 0.341 e. The maximum atomic E-state index is 11.4. The van der Waals surface area contributed by atoms with Gasteiger partial charge in [-0.05, 0) is 30.7 Å². The molecule has 0 aliphatic heterocycles. The van der Waals surface area contributed by atoms with Crippen molar-refractivity contribution in [1.82, 2.24) is 19.6 Å². The number of fused-ring (bicyclic) bond motifs is 3. The number of carboxylic acid groups (broad SMARTS) is 1. The van der Waals surface area contributed by atoms with Gasteiger partial charge in [0.05, 0.1) is 17.9 Å². The van der Waals surface area contributed by atoms with Crippen molar-refractivity contribution in [3.05, 3.63) is 60.0 Å². The summed E-state index contributed by atoms with van der Waals surface area (Å²) in [5.41, 5.74) is 3.00. The van der Waals surface area contributed by atoms with E-state index in [0.29, 0.717) is 11.3 Å². The van der Waals surface area contributed by atoms with Gasteiger partial charge in [0.2, 0.25) is 0 Å². The molecule has 7 nitrogen and oxygen atoms in total. The fraction of sp³-hybridized carbons (Fsp3) is 0.0588. The third kappa shape index (κ3) is 2.23. The van der Waals surface area contributed by atoms with Crippen LogP contribution in [0.2, 0.25) is 0 Å². The second-order valence-corrected chi connectivity index (χ2v) is 5.45. The summed E-state index contributed by atoms with van der Waals surface area (Å²) in [5.74, 6) is -0.504. The number of benzene rings is 1. The summed E-state index contributed by atoms with van der Waals surface area (Å²) in [6, 6.07) is 9.70. The highest BCUT2D eigenvalue weighted by atomic mass is 16.4. The fourth-order valence-corrected chi connectivity index (χ4v) is 2.65. The first-order chi connectivity index (χ1) is 11.6. The molecule has 0 unspecified atom stereocenters. The van der Waals surface area contributed by atoms with Crippen molar-refractivity contribution in [3.8, 4) is 0 Å². The molecule has 4 rings (SSSR count). The normalized spacial score (nSPS) is 11.0. The lowest BCUT2D eigenvalue weighted by molar-refractivity contribution is 0.0699. The number of pyridine rings is 1. The van der Waals surface area contributed by atoms with Gasteiger partial charge in [0.25, 0.3) is 0 Å². The molecular formula is C17H13N5O2. The highest BCUT2D eigenvalue weighted by Gasteiger charge is 2.17. The van der Waals surface area contributed by atoms with Crippen molar-refractivity contribution in [2.75, 3.05) is 5.32 Å². The molecule has 24 heavy (non-hydrogen) atoms. The number of aryl methyl sites for hydroxylation is 1. The molecule has 0 atom stereocenters. The van der Waals surface area contributed by atoms with Crippen LogP contribution in [-0.2, 0) is 0 Å². The van der Waals surface area contributed by atoms with Crippen LogP contribution in [0.5, 0.6) is 0 Å². The van der Waals surface area contributed by atoms with Gasteiger partial charge in [0, 0.05) is 17.3 Å². The number of hydrogen-bond acceptors (Lipinski definition) is 5. The molecule has 7 heteroatoms. The standard InChI is InChI=1S/C17H13N5O2/c1-10-3-2-4-11(7-10)20-15-12-5-6-18-9-14(12)22-16(21-15)13(8-19-22)17(23)24/h2-9H,1H3,(H,20,21)(H,23,24). The van der Waals surface area contributed by atoms with Crippen molar-refractivity contribution in [3.63, 3.8) is 0 Å². The summed E-state index contributed by atoms with van der Waals surface area (Å²) in [6.07, 6.45) is 4.61. The van der Waals surface area contributed by atoms with E-state index in [9.17, 15) is 9.90 Å². The van der Waals surface area contributed by atoms with Crippen LogP contribution in [-0.4, -0.2) is 30.7 Å². The minimum atomic E-state index is -1.07. The lowest BCUT2D eigenvalue weighted by atomic mass is 10.2. The van der Waals surface area contributed by atoms with E-state index in [2.05, 4.69) is 20.4 Å². The molecule has 0 saturated heterocycles. The molecule has 0 aliphatic rings. The molecule has 0 spiro atoms. The Kier molecular flexibility index (Phi) is 3.13. The van der Waals surface area contributed by atoms with E-state index in [1.807, 2.05) is 37.3 Å². The smallest absolute Gasteiger partial charge is 0.341 e. The van der Waals surface area contributed by atoms with Crippen molar-refractivity contribution < 1.29 is 9.90 Å². The highest BCUT2D eigenvalue weighted by Crippen LogP contribution is 2.26. The summed E-state index contributed by atoms with van der Waals surface area (Å²) >= 11 is 0. The zero-order valence-corrected chi connectivity index (χ0v) is 12.8. The minimum absolute atomic E-state index is 0.0491. The van der Waals surface area contributed by atoms with Gasteiger partial charge in [-0.3, -0.25) is 4.98 Å². The van der Waals surface area contributed by atoms with E-state index in [1.165, 1.54) is 10.7 Å². The number of nitrogens with one attached hydrogen (secondary N) is 1. The van der Waals surface area contributed by atoms with Crippen molar-refractivity contribution in [1.29, 1.82) is 0 Å². The van der Waals surface area contributed by atoms with Crippen molar-refractivity contribution in [2.24, 2.45) is 0 Å². The van der Waals surface area contributed by atoms with Crippen LogP contribution in [0.15, 0.2) is 48.9 Å². The first-order valence-corrected chi connectivity index (χ1v) is 7.32. The number of rotatable bonds is 3. The Bertz CT molecular complexity index is 1090. The van der Waals surface area contributed by atoms with Crippen molar-refractivity contribution in [2.45, 2.75) is 6.92 Å². The Balaban J connectivity index is 1.98. The number of anilines is 2. The first-order valence-electron chi connectivity index (χ1n) is 7.32. The van der Waals surface area contributed by atoms with Crippen LogP contribution in [0.4, 0.5) is 11.5 Å². The van der Waals surface area contributed by atoms with E-state index in [-0.39, 0.29) is 11.2 Å². The van der Waals surface area contributed by atoms with Gasteiger partial charge >= 0.3 is 5.97 Å². The fourth-order valence-electron chi connectivity index (χ4n) is 2.65. The molecule has 118 valence electrons. The molecule has 1 aromatic carbocycles. The van der Waals surface area contributed by atoms with Crippen LogP contribution in [0.25, 0.3) is 16.6 Å². The van der Waals surface area contributed by atoms with Gasteiger partial charge in [0.15, 0.2) is 5.65 Å². The van der Waals surface area contributed by atoms with E-state index in [0.717, 1.165) is 16.6 Å². The molecular weight excluding hydrogens is 306 g/mol. The lowest BCUT2D eigenvalue weighted by Gasteiger charge is -2.11. The van der Waals surface area contributed by atoms with Crippen LogP contribution in [0, 0.1) is 6.92 Å². The number of carbonyl (C=O) groups is 1. The van der Waals surface area contributed by atoms with Gasteiger partial charge in [-0.15, -0.1) is 0 Å². The van der Waals surface area contributed by atoms with E-state index < -0.39 is 5.97 Å². The highest BCUT2D eigenvalue weighted by molar-refractivity contribution is 5.98. The van der Waals surface area contributed by atoms with Gasteiger partial charge < -0.3 is 10.4 Å². The number of nitrogens with zero attached hydrogens (tertiary/aromatic N) is 4. The summed E-state index contributed by atoms with van der Waals surface area (Å²) < 4.78 is 1.49. The molecule has 0 aliphatic carbocycles. The monoisotopic (exact) mass is 319 g/mol. The summed E-state index contributed by atoms with van der Waals surface area (Å²) in [4.78, 5) is 20.0. The topological polar surface area (TPSA) is 92.4 Å². The Morgan fingerprint density at radius 1 is 1.25 bits per heavy atom. The molecule has 0 radical (unpaired) electrons. The van der Waals surface area contributed by atoms with Crippen LogP contribution in [0.3, 0.4) is 0 Å². The third-order valence-electron chi connectivity index (χ3n) is 3.76. The quantitative estimate of drug-likeness (QED) is 0.603. The predicted molar refractivity (Wildman–Crippen MR) is 89.7 cm³/mol. The van der Waals surface area contributed by atoms with E-state index >= 15 is 0 Å². The summed E-state index contributed by atoms with van der Waals surface area (Å²) in [6.45, 7) is 2.00. The van der Waals surface area contributed by atoms with Gasteiger partial charge in [-0.1, -0.05) is 12.1 Å². The SMILES string of the molecule is Cc1cccc(Nc2nc3c(C(=O)O)cnn3c3cnccc23)c1. The first kappa shape index (κ1) is 14.1. The van der Waals surface area contributed by atoms with Crippen LogP contribution >= 0.6 is 0 Å². The maximum absolute atomic E-state index is 11.4. The predicted octanol–water partition coefficient (Wildman–Crippen LogP) is 3.03. The molecule has 3 aromatic heterocycles. The zero-order chi connectivity index (χ0) is 16.7. The molecule has 4 aromatic rings. The Hall–Kier alpha value is -3.48. The Labute approximate surface area is 136 Å².